The van der Waals surface area contributed by atoms with E-state index in [9.17, 15) is 4.79 Å². The van der Waals surface area contributed by atoms with Crippen LogP contribution in [0.2, 0.25) is 0 Å². The van der Waals surface area contributed by atoms with Crippen molar-refractivity contribution >= 4 is 6.29 Å². The summed E-state index contributed by atoms with van der Waals surface area (Å²) in [5.41, 5.74) is 7.84. The zero-order chi connectivity index (χ0) is 21.6. The fourth-order valence-corrected chi connectivity index (χ4v) is 4.59. The van der Waals surface area contributed by atoms with E-state index in [1.54, 1.807) is 0 Å². The highest BCUT2D eigenvalue weighted by molar-refractivity contribution is 5.77. The Bertz CT molecular complexity index is 945. The Kier molecular flexibility index (Phi) is 7.26. The SMILES string of the molecule is CC(C=CC1=C(C)CCCC1(C)C)=CC=CC1=CC=C(C=O)C(c2ccccc2)C1. The zero-order valence-corrected chi connectivity index (χ0v) is 18.8. The van der Waals surface area contributed by atoms with Crippen LogP contribution in [0.5, 0.6) is 0 Å². The van der Waals surface area contributed by atoms with Gasteiger partial charge in [-0.3, -0.25) is 4.79 Å². The summed E-state index contributed by atoms with van der Waals surface area (Å²) < 4.78 is 0. The number of aldehydes is 1. The van der Waals surface area contributed by atoms with E-state index in [1.807, 2.05) is 24.3 Å². The van der Waals surface area contributed by atoms with Crippen LogP contribution in [-0.2, 0) is 4.79 Å². The summed E-state index contributed by atoms with van der Waals surface area (Å²) in [5.74, 6) is 0.141. The molecule has 0 amide bonds. The highest BCUT2D eigenvalue weighted by atomic mass is 16.1. The molecule has 0 heterocycles. The highest BCUT2D eigenvalue weighted by Crippen LogP contribution is 2.40. The van der Waals surface area contributed by atoms with Crippen LogP contribution in [0.1, 0.15) is 64.9 Å². The van der Waals surface area contributed by atoms with Gasteiger partial charge in [-0.1, -0.05) is 97.9 Å². The van der Waals surface area contributed by atoms with E-state index in [2.05, 4.69) is 76.3 Å². The van der Waals surface area contributed by atoms with Gasteiger partial charge in [0.15, 0.2) is 0 Å². The van der Waals surface area contributed by atoms with E-state index in [1.165, 1.54) is 47.1 Å². The summed E-state index contributed by atoms with van der Waals surface area (Å²) in [5, 5.41) is 0. The minimum absolute atomic E-state index is 0.141. The van der Waals surface area contributed by atoms with Crippen molar-refractivity contribution in [2.45, 2.75) is 59.3 Å². The lowest BCUT2D eigenvalue weighted by Gasteiger charge is -2.32. The van der Waals surface area contributed by atoms with E-state index < -0.39 is 0 Å². The van der Waals surface area contributed by atoms with Gasteiger partial charge >= 0.3 is 0 Å². The molecular weight excluding hydrogens is 364 g/mol. The zero-order valence-electron chi connectivity index (χ0n) is 18.8. The summed E-state index contributed by atoms with van der Waals surface area (Å²) in [6.45, 7) is 9.14. The van der Waals surface area contributed by atoms with Crippen molar-refractivity contribution in [3.8, 4) is 0 Å². The first-order chi connectivity index (χ1) is 14.4. The molecule has 1 aromatic carbocycles. The third-order valence-corrected chi connectivity index (χ3v) is 6.39. The van der Waals surface area contributed by atoms with Gasteiger partial charge in [-0.2, -0.15) is 0 Å². The minimum atomic E-state index is 0.141. The van der Waals surface area contributed by atoms with Crippen LogP contribution in [0.3, 0.4) is 0 Å². The van der Waals surface area contributed by atoms with Gasteiger partial charge in [0.25, 0.3) is 0 Å². The summed E-state index contributed by atoms with van der Waals surface area (Å²) in [7, 11) is 0. The summed E-state index contributed by atoms with van der Waals surface area (Å²) >= 11 is 0. The van der Waals surface area contributed by atoms with Crippen molar-refractivity contribution in [1.29, 1.82) is 0 Å². The molecule has 0 saturated heterocycles. The Labute approximate surface area is 182 Å². The first kappa shape index (κ1) is 22.0. The predicted octanol–water partition coefficient (Wildman–Crippen LogP) is 7.81. The molecule has 30 heavy (non-hydrogen) atoms. The molecular formula is C29H34O. The third kappa shape index (κ3) is 5.48. The van der Waals surface area contributed by atoms with Crippen molar-refractivity contribution in [1.82, 2.24) is 0 Å². The average Bonchev–Trinajstić information content (AvgIpc) is 2.73. The third-order valence-electron chi connectivity index (χ3n) is 6.39. The van der Waals surface area contributed by atoms with E-state index >= 15 is 0 Å². The Hall–Kier alpha value is -2.67. The molecule has 1 unspecified atom stereocenters. The van der Waals surface area contributed by atoms with Crippen LogP contribution in [0.25, 0.3) is 0 Å². The molecule has 1 aromatic rings. The molecule has 0 saturated carbocycles. The van der Waals surface area contributed by atoms with Crippen molar-refractivity contribution in [2.75, 3.05) is 0 Å². The lowest BCUT2D eigenvalue weighted by Crippen LogP contribution is -2.19. The normalized spacial score (nSPS) is 22.4. The van der Waals surface area contributed by atoms with E-state index in [4.69, 9.17) is 0 Å². The summed E-state index contributed by atoms with van der Waals surface area (Å²) in [4.78, 5) is 11.5. The fraction of sp³-hybridized carbons (Fsp3) is 0.345. The molecule has 3 rings (SSSR count). The molecule has 2 aliphatic rings. The Morgan fingerprint density at radius 3 is 2.57 bits per heavy atom. The van der Waals surface area contributed by atoms with Gasteiger partial charge in [-0.25, -0.2) is 0 Å². The number of hydrogen-bond donors (Lipinski definition) is 0. The topological polar surface area (TPSA) is 17.1 Å². The monoisotopic (exact) mass is 398 g/mol. The molecule has 0 fully saturated rings. The quantitative estimate of drug-likeness (QED) is 0.353. The van der Waals surface area contributed by atoms with Crippen molar-refractivity contribution < 1.29 is 4.79 Å². The van der Waals surface area contributed by atoms with Gasteiger partial charge in [0.05, 0.1) is 0 Å². The van der Waals surface area contributed by atoms with E-state index in [-0.39, 0.29) is 11.3 Å². The second kappa shape index (κ2) is 9.89. The lowest BCUT2D eigenvalue weighted by molar-refractivity contribution is -0.105. The number of carbonyl (C=O) groups is 1. The van der Waals surface area contributed by atoms with Gasteiger partial charge in [-0.15, -0.1) is 0 Å². The number of rotatable bonds is 6. The van der Waals surface area contributed by atoms with Gasteiger partial charge in [-0.05, 0) is 67.2 Å². The van der Waals surface area contributed by atoms with Crippen molar-refractivity contribution in [3.05, 3.63) is 106 Å². The molecule has 0 bridgehead atoms. The summed E-state index contributed by atoms with van der Waals surface area (Å²) in [6.07, 6.45) is 20.7. The molecule has 1 atom stereocenters. The van der Waals surface area contributed by atoms with E-state index in [0.717, 1.165) is 18.3 Å². The molecule has 0 aliphatic heterocycles. The van der Waals surface area contributed by atoms with Crippen LogP contribution in [0.15, 0.2) is 101 Å². The molecule has 1 heteroatoms. The Morgan fingerprint density at radius 1 is 1.10 bits per heavy atom. The predicted molar refractivity (Wildman–Crippen MR) is 128 cm³/mol. The number of carbonyl (C=O) groups excluding carboxylic acids is 1. The van der Waals surface area contributed by atoms with Crippen LogP contribution in [0.4, 0.5) is 0 Å². The van der Waals surface area contributed by atoms with Gasteiger partial charge in [0.2, 0.25) is 0 Å². The van der Waals surface area contributed by atoms with Crippen LogP contribution >= 0.6 is 0 Å². The largest absolute Gasteiger partial charge is 0.298 e. The Balaban J connectivity index is 1.69. The number of allylic oxidation sites excluding steroid dienone is 12. The number of hydrogen-bond acceptors (Lipinski definition) is 1. The maximum absolute atomic E-state index is 11.5. The standard InChI is InChI=1S/C29H34O/c1-22(15-18-28-23(2)11-9-19-29(28,3)4)10-8-12-24-16-17-26(21-30)27(20-24)25-13-6-5-7-14-25/h5-8,10,12-18,21,27H,9,11,19-20H2,1-4H3. The molecule has 1 nitrogen and oxygen atoms in total. The molecule has 0 N–H and O–H groups in total. The first-order valence-corrected chi connectivity index (χ1v) is 11.0. The maximum atomic E-state index is 11.5. The van der Waals surface area contributed by atoms with Crippen molar-refractivity contribution in [2.24, 2.45) is 5.41 Å². The second-order valence-corrected chi connectivity index (χ2v) is 9.23. The van der Waals surface area contributed by atoms with Crippen molar-refractivity contribution in [3.63, 3.8) is 0 Å². The van der Waals surface area contributed by atoms with Gasteiger partial charge in [0.1, 0.15) is 6.29 Å². The van der Waals surface area contributed by atoms with Gasteiger partial charge < -0.3 is 0 Å². The van der Waals surface area contributed by atoms with Crippen LogP contribution < -0.4 is 0 Å². The molecule has 2 aliphatic carbocycles. The summed E-state index contributed by atoms with van der Waals surface area (Å²) in [6, 6.07) is 10.3. The highest BCUT2D eigenvalue weighted by Gasteiger charge is 2.26. The van der Waals surface area contributed by atoms with E-state index in [0.29, 0.717) is 0 Å². The van der Waals surface area contributed by atoms with Crippen LogP contribution in [-0.4, -0.2) is 6.29 Å². The second-order valence-electron chi connectivity index (χ2n) is 9.23. The Morgan fingerprint density at radius 2 is 1.87 bits per heavy atom. The minimum Gasteiger partial charge on any atom is -0.298 e. The number of benzene rings is 1. The van der Waals surface area contributed by atoms with Gasteiger partial charge in [0, 0.05) is 5.92 Å². The van der Waals surface area contributed by atoms with Crippen LogP contribution in [0, 0.1) is 5.41 Å². The maximum Gasteiger partial charge on any atom is 0.146 e. The smallest absolute Gasteiger partial charge is 0.146 e. The molecule has 0 spiro atoms. The molecule has 0 radical (unpaired) electrons. The molecule has 156 valence electrons. The fourth-order valence-electron chi connectivity index (χ4n) is 4.59. The average molecular weight is 399 g/mol. The molecule has 0 aromatic heterocycles. The first-order valence-electron chi connectivity index (χ1n) is 11.0. The lowest BCUT2D eigenvalue weighted by atomic mass is 9.72.